The number of aliphatic hydroxyl groups excluding tert-OH is 10. The lowest BCUT2D eigenvalue weighted by Crippen LogP contribution is -2.67. The topological polar surface area (TPSA) is 295 Å². The van der Waals surface area contributed by atoms with Crippen molar-refractivity contribution in [1.29, 1.82) is 0 Å². The van der Waals surface area contributed by atoms with Gasteiger partial charge in [0.25, 0.3) is 0 Å². The van der Waals surface area contributed by atoms with Crippen molar-refractivity contribution in [3.8, 4) is 0 Å². The third kappa shape index (κ3) is 7.80. The van der Waals surface area contributed by atoms with Crippen LogP contribution in [-0.2, 0) is 33.2 Å². The molecule has 3 heterocycles. The van der Waals surface area contributed by atoms with E-state index in [-0.39, 0.29) is 52.6 Å². The standard InChI is InChI=1S/C47H76O18/c1-41(2)13-15-46(40(58)65-39-35(56)36(57)47(59,22-62-39)21-61-38-34(55)32(53)31(52)26(18-48)63-38)16-14-44(5)23(24(46)17-41)7-8-28-42(3)11-10-29(64-37-33(54)30(51)25(50)19-60-37)43(4,20-49)27(42)9-12-45(28,44)6/h7,24-39,48-57,59H,8-22H2,1-6H3/t24-,25-,26+,27+,28+,29-,30-,31+,32-,33+,34+,35+,36+,37-,38+,39-,42-,43-,44+,45+,46-,47+/m0/s1. The summed E-state index contributed by atoms with van der Waals surface area (Å²) in [6.45, 7) is 11.2. The lowest BCUT2D eigenvalue weighted by molar-refractivity contribution is -0.334. The molecule has 0 radical (unpaired) electrons. The van der Waals surface area contributed by atoms with E-state index < -0.39 is 122 Å². The van der Waals surface area contributed by atoms with E-state index in [2.05, 4.69) is 47.6 Å². The zero-order valence-corrected chi connectivity index (χ0v) is 38.7. The number of allylic oxidation sites excluding steroid dienone is 2. The molecule has 18 heteroatoms. The first-order chi connectivity index (χ1) is 30.4. The zero-order chi connectivity index (χ0) is 47.4. The number of carbonyl (C=O) groups excluding carboxylic acids is 1. The third-order valence-electron chi connectivity index (χ3n) is 19.1. The second kappa shape index (κ2) is 17.5. The number of hydrogen-bond acceptors (Lipinski definition) is 18. The van der Waals surface area contributed by atoms with Gasteiger partial charge in [-0.2, -0.15) is 0 Å². The van der Waals surface area contributed by atoms with E-state index in [1.54, 1.807) is 0 Å². The van der Waals surface area contributed by atoms with E-state index >= 15 is 0 Å². The van der Waals surface area contributed by atoms with Crippen LogP contribution >= 0.6 is 0 Å². The summed E-state index contributed by atoms with van der Waals surface area (Å²) in [5.74, 6) is -0.422. The molecular weight excluding hydrogens is 852 g/mol. The molecule has 0 unspecified atom stereocenters. The summed E-state index contributed by atoms with van der Waals surface area (Å²) in [5.41, 5.74) is -3.40. The van der Waals surface area contributed by atoms with Crippen LogP contribution in [0.15, 0.2) is 11.6 Å². The Balaban J connectivity index is 0.995. The van der Waals surface area contributed by atoms with Crippen molar-refractivity contribution in [2.45, 2.75) is 191 Å². The summed E-state index contributed by atoms with van der Waals surface area (Å²) in [7, 11) is 0. The maximum atomic E-state index is 14.8. The highest BCUT2D eigenvalue weighted by molar-refractivity contribution is 5.79. The Labute approximate surface area is 380 Å². The fourth-order valence-electron chi connectivity index (χ4n) is 14.7. The maximum Gasteiger partial charge on any atom is 0.315 e. The third-order valence-corrected chi connectivity index (χ3v) is 19.1. The van der Waals surface area contributed by atoms with Crippen LogP contribution in [0.5, 0.6) is 0 Å². The Kier molecular flexibility index (Phi) is 13.4. The molecule has 18 nitrogen and oxygen atoms in total. The average molecular weight is 929 g/mol. The number of carbonyl (C=O) groups is 1. The second-order valence-electron chi connectivity index (χ2n) is 23.1. The van der Waals surface area contributed by atoms with Crippen LogP contribution in [0.2, 0.25) is 0 Å². The Hall–Kier alpha value is -1.43. The van der Waals surface area contributed by atoms with Crippen LogP contribution in [0.1, 0.15) is 106 Å². The van der Waals surface area contributed by atoms with Crippen molar-refractivity contribution < 1.29 is 89.4 Å². The molecule has 7 fully saturated rings. The van der Waals surface area contributed by atoms with Gasteiger partial charge in [0.15, 0.2) is 12.6 Å². The normalized spacial score (nSPS) is 54.3. The number of fused-ring (bicyclic) bond motifs is 7. The summed E-state index contributed by atoms with van der Waals surface area (Å²) < 4.78 is 34.8. The van der Waals surface area contributed by atoms with Gasteiger partial charge in [-0.3, -0.25) is 4.79 Å². The van der Waals surface area contributed by atoms with Crippen LogP contribution in [0.25, 0.3) is 0 Å². The molecule has 22 atom stereocenters. The molecule has 0 aromatic rings. The van der Waals surface area contributed by atoms with Gasteiger partial charge in [0.1, 0.15) is 60.5 Å². The van der Waals surface area contributed by atoms with E-state index in [1.165, 1.54) is 5.57 Å². The van der Waals surface area contributed by atoms with Crippen LogP contribution in [-0.4, -0.2) is 181 Å². The predicted molar refractivity (Wildman–Crippen MR) is 226 cm³/mol. The second-order valence-corrected chi connectivity index (χ2v) is 23.1. The van der Waals surface area contributed by atoms with E-state index in [0.717, 1.165) is 38.5 Å². The van der Waals surface area contributed by atoms with Crippen molar-refractivity contribution >= 4 is 5.97 Å². The number of rotatable bonds is 9. The molecular formula is C47H76O18. The quantitative estimate of drug-likeness (QED) is 0.0808. The minimum absolute atomic E-state index is 0.0621. The fraction of sp³-hybridized carbons (Fsp3) is 0.936. The van der Waals surface area contributed by atoms with E-state index in [9.17, 15) is 61.0 Å². The monoisotopic (exact) mass is 929 g/mol. The summed E-state index contributed by atoms with van der Waals surface area (Å²) in [6, 6.07) is 0. The van der Waals surface area contributed by atoms with E-state index in [4.69, 9.17) is 28.4 Å². The molecule has 5 aliphatic carbocycles. The first kappa shape index (κ1) is 50.0. The molecule has 0 aromatic heterocycles. The Morgan fingerprint density at radius 1 is 0.754 bits per heavy atom. The minimum atomic E-state index is -2.26. The molecule has 3 aliphatic heterocycles. The molecule has 372 valence electrons. The summed E-state index contributed by atoms with van der Waals surface area (Å²) in [4.78, 5) is 14.8. The smallest absolute Gasteiger partial charge is 0.315 e. The number of hydrogen-bond donors (Lipinski definition) is 11. The first-order valence-electron chi connectivity index (χ1n) is 23.8. The molecule has 8 aliphatic rings. The van der Waals surface area contributed by atoms with Crippen molar-refractivity contribution in [2.24, 2.45) is 50.2 Å². The van der Waals surface area contributed by atoms with Crippen molar-refractivity contribution in [3.05, 3.63) is 11.6 Å². The van der Waals surface area contributed by atoms with Gasteiger partial charge in [-0.15, -0.1) is 0 Å². The minimum Gasteiger partial charge on any atom is -0.432 e. The highest BCUT2D eigenvalue weighted by Crippen LogP contribution is 2.76. The molecule has 0 bridgehead atoms. The lowest BCUT2D eigenvalue weighted by atomic mass is 9.33. The van der Waals surface area contributed by atoms with Gasteiger partial charge in [-0.05, 0) is 104 Å². The van der Waals surface area contributed by atoms with Crippen molar-refractivity contribution in [3.63, 3.8) is 0 Å². The summed E-state index contributed by atoms with van der Waals surface area (Å²) >= 11 is 0. The number of ether oxygens (including phenoxy) is 6. The summed E-state index contributed by atoms with van der Waals surface area (Å²) in [5, 5.41) is 116. The van der Waals surface area contributed by atoms with Crippen LogP contribution < -0.4 is 0 Å². The van der Waals surface area contributed by atoms with E-state index in [1.807, 2.05) is 0 Å². The van der Waals surface area contributed by atoms with Crippen LogP contribution in [0.4, 0.5) is 0 Å². The Morgan fingerprint density at radius 2 is 1.45 bits per heavy atom. The molecule has 0 spiro atoms. The van der Waals surface area contributed by atoms with Gasteiger partial charge >= 0.3 is 5.97 Å². The molecule has 3 saturated heterocycles. The maximum absolute atomic E-state index is 14.8. The molecule has 11 N–H and O–H groups in total. The van der Waals surface area contributed by atoms with Gasteiger partial charge in [0, 0.05) is 5.41 Å². The molecule has 0 aromatic carbocycles. The first-order valence-corrected chi connectivity index (χ1v) is 23.8. The summed E-state index contributed by atoms with van der Waals surface area (Å²) in [6.07, 6.45) is -9.55. The zero-order valence-electron chi connectivity index (χ0n) is 38.7. The Bertz CT molecular complexity index is 1780. The molecule has 65 heavy (non-hydrogen) atoms. The Morgan fingerprint density at radius 3 is 2.14 bits per heavy atom. The molecule has 0 amide bonds. The molecule has 4 saturated carbocycles. The lowest BCUT2D eigenvalue weighted by Gasteiger charge is -2.71. The highest BCUT2D eigenvalue weighted by Gasteiger charge is 2.70. The van der Waals surface area contributed by atoms with E-state index in [0.29, 0.717) is 25.7 Å². The average Bonchev–Trinajstić information content (AvgIpc) is 3.26. The van der Waals surface area contributed by atoms with Crippen molar-refractivity contribution in [2.75, 3.05) is 33.0 Å². The van der Waals surface area contributed by atoms with Gasteiger partial charge in [0.2, 0.25) is 6.29 Å². The van der Waals surface area contributed by atoms with Crippen LogP contribution in [0, 0.1) is 50.2 Å². The van der Waals surface area contributed by atoms with Gasteiger partial charge in [-0.1, -0.05) is 53.2 Å². The SMILES string of the molecule is CC1(C)CC[C@]2(C(=O)O[C@@H]3OC[C@](O)(CO[C@@H]4O[C@H](CO)[C@@H](O)[C@H](O)[C@H]4O)[C@H](O)[C@H]3O)CC[C@]3(C)C(=CC[C@@H]4[C@@]5(C)CC[C@H](O[C@@H]6OC[C@H](O)[C@H](O)[C@H]6O)[C@@](C)(CO)[C@@H]5CC[C@]43C)[C@@H]2C1. The fourth-order valence-corrected chi connectivity index (χ4v) is 14.7. The van der Waals surface area contributed by atoms with Gasteiger partial charge in [0.05, 0.1) is 44.6 Å². The number of esters is 1. The largest absolute Gasteiger partial charge is 0.432 e. The number of aliphatic hydroxyl groups is 11. The molecule has 8 rings (SSSR count). The van der Waals surface area contributed by atoms with Crippen molar-refractivity contribution in [1.82, 2.24) is 0 Å². The van der Waals surface area contributed by atoms with Crippen LogP contribution in [0.3, 0.4) is 0 Å². The highest BCUT2D eigenvalue weighted by atomic mass is 16.7. The van der Waals surface area contributed by atoms with Gasteiger partial charge in [-0.25, -0.2) is 0 Å². The predicted octanol–water partition coefficient (Wildman–Crippen LogP) is -0.246. The van der Waals surface area contributed by atoms with Gasteiger partial charge < -0.3 is 84.6 Å².